The van der Waals surface area contributed by atoms with E-state index in [1.807, 2.05) is 48.5 Å². The quantitative estimate of drug-likeness (QED) is 0.815. The summed E-state index contributed by atoms with van der Waals surface area (Å²) in [7, 11) is 0. The normalized spacial score (nSPS) is 10.3. The lowest BCUT2D eigenvalue weighted by Crippen LogP contribution is -2.27. The molecule has 2 aromatic rings. The molecular formula is C18H21ClN2O. The van der Waals surface area contributed by atoms with Gasteiger partial charge in [0.1, 0.15) is 0 Å². The van der Waals surface area contributed by atoms with Crippen molar-refractivity contribution in [3.63, 3.8) is 0 Å². The molecule has 0 fully saturated rings. The van der Waals surface area contributed by atoms with Crippen molar-refractivity contribution < 1.29 is 4.79 Å². The molecule has 0 aliphatic rings. The van der Waals surface area contributed by atoms with E-state index < -0.39 is 0 Å². The van der Waals surface area contributed by atoms with Gasteiger partial charge in [-0.3, -0.25) is 4.79 Å². The Hall–Kier alpha value is -2.00. The van der Waals surface area contributed by atoms with E-state index in [1.165, 1.54) is 5.56 Å². The second-order valence-electron chi connectivity index (χ2n) is 5.27. The Bertz CT molecular complexity index is 611. The fourth-order valence-corrected chi connectivity index (χ4v) is 2.33. The van der Waals surface area contributed by atoms with Gasteiger partial charge in [-0.25, -0.2) is 0 Å². The van der Waals surface area contributed by atoms with E-state index in [9.17, 15) is 4.79 Å². The Morgan fingerprint density at radius 3 is 2.59 bits per heavy atom. The second-order valence-corrected chi connectivity index (χ2v) is 5.71. The first kappa shape index (κ1) is 16.4. The van der Waals surface area contributed by atoms with Crippen molar-refractivity contribution in [2.24, 2.45) is 0 Å². The molecule has 1 amide bonds. The number of hydrogen-bond donors (Lipinski definition) is 2. The molecule has 0 radical (unpaired) electrons. The second kappa shape index (κ2) is 8.44. The van der Waals surface area contributed by atoms with Crippen molar-refractivity contribution in [3.8, 4) is 0 Å². The summed E-state index contributed by atoms with van der Waals surface area (Å²) in [6.07, 6.45) is 1.25. The highest BCUT2D eigenvalue weighted by molar-refractivity contribution is 6.30. The van der Waals surface area contributed by atoms with E-state index in [1.54, 1.807) is 0 Å². The van der Waals surface area contributed by atoms with Crippen LogP contribution in [0.25, 0.3) is 0 Å². The van der Waals surface area contributed by atoms with Gasteiger partial charge in [0.2, 0.25) is 5.91 Å². The Labute approximate surface area is 136 Å². The minimum atomic E-state index is 0.0571. The maximum atomic E-state index is 11.8. The van der Waals surface area contributed by atoms with Crippen LogP contribution < -0.4 is 10.6 Å². The van der Waals surface area contributed by atoms with E-state index in [0.717, 1.165) is 22.7 Å². The SMILES string of the molecule is Cc1ccc(NCCC(=O)NCCc2cccc(Cl)c2)cc1. The van der Waals surface area contributed by atoms with Crippen LogP contribution >= 0.6 is 11.6 Å². The summed E-state index contributed by atoms with van der Waals surface area (Å²) < 4.78 is 0. The first-order valence-electron chi connectivity index (χ1n) is 7.45. The Morgan fingerprint density at radius 2 is 1.86 bits per heavy atom. The van der Waals surface area contributed by atoms with Crippen molar-refractivity contribution in [2.75, 3.05) is 18.4 Å². The molecular weight excluding hydrogens is 296 g/mol. The lowest BCUT2D eigenvalue weighted by atomic mass is 10.1. The molecule has 0 aromatic heterocycles. The molecule has 0 unspecified atom stereocenters. The zero-order valence-electron chi connectivity index (χ0n) is 12.7. The maximum Gasteiger partial charge on any atom is 0.221 e. The van der Waals surface area contributed by atoms with Crippen LogP contribution in [0, 0.1) is 6.92 Å². The van der Waals surface area contributed by atoms with E-state index in [2.05, 4.69) is 17.6 Å². The Morgan fingerprint density at radius 1 is 1.09 bits per heavy atom. The van der Waals surface area contributed by atoms with Gasteiger partial charge >= 0.3 is 0 Å². The first-order valence-corrected chi connectivity index (χ1v) is 7.83. The molecule has 4 heteroatoms. The van der Waals surface area contributed by atoms with Gasteiger partial charge in [-0.1, -0.05) is 41.4 Å². The summed E-state index contributed by atoms with van der Waals surface area (Å²) in [5.74, 6) is 0.0571. The van der Waals surface area contributed by atoms with Crippen LogP contribution in [0.15, 0.2) is 48.5 Å². The summed E-state index contributed by atoms with van der Waals surface area (Å²) in [6, 6.07) is 15.8. The smallest absolute Gasteiger partial charge is 0.221 e. The number of hydrogen-bond acceptors (Lipinski definition) is 2. The van der Waals surface area contributed by atoms with E-state index in [-0.39, 0.29) is 5.91 Å². The minimum absolute atomic E-state index is 0.0571. The third-order valence-corrected chi connectivity index (χ3v) is 3.59. The summed E-state index contributed by atoms with van der Waals surface area (Å²) >= 11 is 5.93. The van der Waals surface area contributed by atoms with Crippen LogP contribution in [-0.2, 0) is 11.2 Å². The summed E-state index contributed by atoms with van der Waals surface area (Å²) in [6.45, 7) is 3.31. The number of aryl methyl sites for hydroxylation is 1. The molecule has 0 saturated carbocycles. The van der Waals surface area contributed by atoms with E-state index in [0.29, 0.717) is 19.5 Å². The molecule has 0 aliphatic carbocycles. The molecule has 2 N–H and O–H groups in total. The molecule has 0 saturated heterocycles. The van der Waals surface area contributed by atoms with Crippen LogP contribution in [0.5, 0.6) is 0 Å². The molecule has 3 nitrogen and oxygen atoms in total. The predicted molar refractivity (Wildman–Crippen MR) is 92.5 cm³/mol. The Balaban J connectivity index is 1.62. The summed E-state index contributed by atoms with van der Waals surface area (Å²) in [4.78, 5) is 11.8. The highest BCUT2D eigenvalue weighted by Crippen LogP contribution is 2.11. The third-order valence-electron chi connectivity index (χ3n) is 3.36. The van der Waals surface area contributed by atoms with Gasteiger partial charge in [-0.15, -0.1) is 0 Å². The average Bonchev–Trinajstić information content (AvgIpc) is 2.49. The number of halogens is 1. The number of anilines is 1. The molecule has 0 atom stereocenters. The van der Waals surface area contributed by atoms with Crippen molar-refractivity contribution in [1.29, 1.82) is 0 Å². The monoisotopic (exact) mass is 316 g/mol. The van der Waals surface area contributed by atoms with E-state index in [4.69, 9.17) is 11.6 Å². The number of benzene rings is 2. The van der Waals surface area contributed by atoms with Crippen LogP contribution in [0.3, 0.4) is 0 Å². The third kappa shape index (κ3) is 5.78. The fraction of sp³-hybridized carbons (Fsp3) is 0.278. The molecule has 116 valence electrons. The molecule has 0 bridgehead atoms. The van der Waals surface area contributed by atoms with Crippen LogP contribution in [-0.4, -0.2) is 19.0 Å². The predicted octanol–water partition coefficient (Wildman–Crippen LogP) is 3.81. The number of carbonyl (C=O) groups is 1. The molecule has 0 spiro atoms. The van der Waals surface area contributed by atoms with Crippen LogP contribution in [0.4, 0.5) is 5.69 Å². The molecule has 0 heterocycles. The van der Waals surface area contributed by atoms with Crippen molar-refractivity contribution in [2.45, 2.75) is 19.8 Å². The minimum Gasteiger partial charge on any atom is -0.385 e. The van der Waals surface area contributed by atoms with Crippen LogP contribution in [0.2, 0.25) is 5.02 Å². The van der Waals surface area contributed by atoms with Gasteiger partial charge in [0.15, 0.2) is 0 Å². The highest BCUT2D eigenvalue weighted by Gasteiger charge is 2.01. The van der Waals surface area contributed by atoms with Crippen LogP contribution in [0.1, 0.15) is 17.5 Å². The van der Waals surface area contributed by atoms with Gasteiger partial charge in [-0.05, 0) is 43.2 Å². The topological polar surface area (TPSA) is 41.1 Å². The lowest BCUT2D eigenvalue weighted by Gasteiger charge is -2.08. The summed E-state index contributed by atoms with van der Waals surface area (Å²) in [5.41, 5.74) is 3.40. The maximum absolute atomic E-state index is 11.8. The van der Waals surface area contributed by atoms with Gasteiger partial charge in [0.05, 0.1) is 0 Å². The summed E-state index contributed by atoms with van der Waals surface area (Å²) in [5, 5.41) is 6.89. The van der Waals surface area contributed by atoms with Crippen molar-refractivity contribution >= 4 is 23.2 Å². The zero-order valence-corrected chi connectivity index (χ0v) is 13.5. The molecule has 22 heavy (non-hydrogen) atoms. The van der Waals surface area contributed by atoms with E-state index >= 15 is 0 Å². The standard InChI is InChI=1S/C18H21ClN2O/c1-14-5-7-17(8-6-14)20-12-10-18(22)21-11-9-15-3-2-4-16(19)13-15/h2-8,13,20H,9-12H2,1H3,(H,21,22). The average molecular weight is 317 g/mol. The molecule has 0 aliphatic heterocycles. The van der Waals surface area contributed by atoms with Gasteiger partial charge in [0, 0.05) is 30.2 Å². The Kier molecular flexibility index (Phi) is 6.28. The fourth-order valence-electron chi connectivity index (χ4n) is 2.12. The number of nitrogens with one attached hydrogen (secondary N) is 2. The number of amides is 1. The molecule has 2 aromatic carbocycles. The van der Waals surface area contributed by atoms with Crippen molar-refractivity contribution in [1.82, 2.24) is 5.32 Å². The number of rotatable bonds is 7. The highest BCUT2D eigenvalue weighted by atomic mass is 35.5. The van der Waals surface area contributed by atoms with Gasteiger partial charge in [0.25, 0.3) is 0 Å². The molecule has 2 rings (SSSR count). The van der Waals surface area contributed by atoms with Gasteiger partial charge < -0.3 is 10.6 Å². The largest absolute Gasteiger partial charge is 0.385 e. The zero-order chi connectivity index (χ0) is 15.8. The number of carbonyl (C=O) groups excluding carboxylic acids is 1. The lowest BCUT2D eigenvalue weighted by molar-refractivity contribution is -0.120. The van der Waals surface area contributed by atoms with Gasteiger partial charge in [-0.2, -0.15) is 0 Å². The first-order chi connectivity index (χ1) is 10.6. The van der Waals surface area contributed by atoms with Crippen molar-refractivity contribution in [3.05, 3.63) is 64.7 Å².